The van der Waals surface area contributed by atoms with Crippen LogP contribution in [0.3, 0.4) is 0 Å². The zero-order valence-electron chi connectivity index (χ0n) is 14.5. The van der Waals surface area contributed by atoms with Crippen molar-refractivity contribution in [2.24, 2.45) is 10.9 Å². The van der Waals surface area contributed by atoms with E-state index in [2.05, 4.69) is 27.4 Å². The number of rotatable bonds is 5. The third kappa shape index (κ3) is 4.67. The van der Waals surface area contributed by atoms with Crippen LogP contribution in [0.1, 0.15) is 35.3 Å². The van der Waals surface area contributed by atoms with Crippen LogP contribution in [0.5, 0.6) is 0 Å². The van der Waals surface area contributed by atoms with Crippen molar-refractivity contribution >= 4 is 23.2 Å². The maximum Gasteiger partial charge on any atom is 0.224 e. The molecule has 1 saturated heterocycles. The number of guanidine groups is 1. The zero-order chi connectivity index (χ0) is 16.8. The molecular weight excluding hydrogens is 310 g/mol. The number of aromatic nitrogens is 1. The number of thiazole rings is 1. The third-order valence-corrected chi connectivity index (χ3v) is 5.07. The highest BCUT2D eigenvalue weighted by Gasteiger charge is 2.29. The van der Waals surface area contributed by atoms with E-state index in [9.17, 15) is 4.79 Å². The molecule has 128 valence electrons. The number of hydrogen-bond acceptors (Lipinski definition) is 4. The smallest absolute Gasteiger partial charge is 0.224 e. The van der Waals surface area contributed by atoms with E-state index in [1.54, 1.807) is 18.4 Å². The molecule has 0 aromatic carbocycles. The van der Waals surface area contributed by atoms with Gasteiger partial charge < -0.3 is 15.5 Å². The van der Waals surface area contributed by atoms with Crippen LogP contribution in [-0.4, -0.2) is 48.4 Å². The van der Waals surface area contributed by atoms with Crippen molar-refractivity contribution in [1.29, 1.82) is 0 Å². The van der Waals surface area contributed by atoms with Gasteiger partial charge in [0.2, 0.25) is 5.91 Å². The van der Waals surface area contributed by atoms with E-state index >= 15 is 0 Å². The van der Waals surface area contributed by atoms with E-state index < -0.39 is 0 Å². The first-order valence-corrected chi connectivity index (χ1v) is 9.04. The van der Waals surface area contributed by atoms with Crippen LogP contribution in [0.15, 0.2) is 4.99 Å². The molecule has 2 N–H and O–H groups in total. The summed E-state index contributed by atoms with van der Waals surface area (Å²) in [6.07, 6.45) is 1.93. The molecule has 0 saturated carbocycles. The van der Waals surface area contributed by atoms with Crippen LogP contribution < -0.4 is 10.6 Å². The SMILES string of the molecule is CCCNC(=NCc1sc(C)nc1C)N1CCC(C(=O)NC)C1. The second-order valence-electron chi connectivity index (χ2n) is 5.85. The van der Waals surface area contributed by atoms with Gasteiger partial charge in [0.15, 0.2) is 5.96 Å². The average molecular weight is 337 g/mol. The lowest BCUT2D eigenvalue weighted by atomic mass is 10.1. The van der Waals surface area contributed by atoms with Gasteiger partial charge in [0.25, 0.3) is 0 Å². The number of nitrogens with zero attached hydrogens (tertiary/aromatic N) is 3. The van der Waals surface area contributed by atoms with E-state index in [-0.39, 0.29) is 11.8 Å². The van der Waals surface area contributed by atoms with Crippen molar-refractivity contribution in [3.8, 4) is 0 Å². The van der Waals surface area contributed by atoms with Gasteiger partial charge >= 0.3 is 0 Å². The molecule has 23 heavy (non-hydrogen) atoms. The normalized spacial score (nSPS) is 18.3. The average Bonchev–Trinajstić information content (AvgIpc) is 3.13. The molecule has 1 aliphatic rings. The number of aliphatic imine (C=N–C) groups is 1. The molecule has 1 aromatic heterocycles. The maximum absolute atomic E-state index is 11.8. The van der Waals surface area contributed by atoms with E-state index in [0.29, 0.717) is 6.54 Å². The highest BCUT2D eigenvalue weighted by molar-refractivity contribution is 7.11. The minimum absolute atomic E-state index is 0.0565. The molecule has 6 nitrogen and oxygen atoms in total. The number of carbonyl (C=O) groups excluding carboxylic acids is 1. The van der Waals surface area contributed by atoms with Crippen molar-refractivity contribution < 1.29 is 4.79 Å². The van der Waals surface area contributed by atoms with E-state index in [4.69, 9.17) is 4.99 Å². The van der Waals surface area contributed by atoms with Gasteiger partial charge in [-0.1, -0.05) is 6.92 Å². The van der Waals surface area contributed by atoms with Crippen LogP contribution >= 0.6 is 11.3 Å². The van der Waals surface area contributed by atoms with E-state index in [0.717, 1.165) is 49.1 Å². The minimum Gasteiger partial charge on any atom is -0.359 e. The van der Waals surface area contributed by atoms with Gasteiger partial charge in [-0.2, -0.15) is 0 Å². The summed E-state index contributed by atoms with van der Waals surface area (Å²) >= 11 is 1.70. The van der Waals surface area contributed by atoms with Crippen molar-refractivity contribution in [2.75, 3.05) is 26.7 Å². The summed E-state index contributed by atoms with van der Waals surface area (Å²) < 4.78 is 0. The zero-order valence-corrected chi connectivity index (χ0v) is 15.3. The highest BCUT2D eigenvalue weighted by Crippen LogP contribution is 2.19. The van der Waals surface area contributed by atoms with Crippen molar-refractivity contribution in [3.63, 3.8) is 0 Å². The molecule has 0 radical (unpaired) electrons. The summed E-state index contributed by atoms with van der Waals surface area (Å²) in [7, 11) is 1.70. The molecule has 1 fully saturated rings. The molecular formula is C16H27N5OS. The lowest BCUT2D eigenvalue weighted by molar-refractivity contribution is -0.124. The highest BCUT2D eigenvalue weighted by atomic mass is 32.1. The van der Waals surface area contributed by atoms with Gasteiger partial charge in [0.05, 0.1) is 23.2 Å². The topological polar surface area (TPSA) is 69.6 Å². The first-order chi connectivity index (χ1) is 11.0. The molecule has 0 bridgehead atoms. The molecule has 0 aliphatic carbocycles. The van der Waals surface area contributed by atoms with Crippen LogP contribution in [0.4, 0.5) is 0 Å². The number of likely N-dealkylation sites (tertiary alicyclic amines) is 1. The summed E-state index contributed by atoms with van der Waals surface area (Å²) in [5, 5.41) is 7.24. The van der Waals surface area contributed by atoms with Gasteiger partial charge in [0.1, 0.15) is 0 Å². The molecule has 1 unspecified atom stereocenters. The maximum atomic E-state index is 11.8. The third-order valence-electron chi connectivity index (χ3n) is 4.01. The van der Waals surface area contributed by atoms with Crippen LogP contribution in [0, 0.1) is 19.8 Å². The Morgan fingerprint density at radius 2 is 2.26 bits per heavy atom. The summed E-state index contributed by atoms with van der Waals surface area (Å²) in [4.78, 5) is 24.5. The lowest BCUT2D eigenvalue weighted by Gasteiger charge is -2.21. The molecule has 2 heterocycles. The second kappa shape index (κ2) is 8.29. The number of aryl methyl sites for hydroxylation is 2. The number of amides is 1. The fraction of sp³-hybridized carbons (Fsp3) is 0.688. The van der Waals surface area contributed by atoms with Crippen molar-refractivity contribution in [2.45, 2.75) is 40.2 Å². The Morgan fingerprint density at radius 1 is 1.48 bits per heavy atom. The Bertz CT molecular complexity index is 569. The quantitative estimate of drug-likeness (QED) is 0.634. The summed E-state index contributed by atoms with van der Waals surface area (Å²) in [6, 6.07) is 0. The predicted octanol–water partition coefficient (Wildman–Crippen LogP) is 1.68. The van der Waals surface area contributed by atoms with Crippen LogP contribution in [0.2, 0.25) is 0 Å². The number of hydrogen-bond donors (Lipinski definition) is 2. The van der Waals surface area contributed by atoms with Gasteiger partial charge in [-0.3, -0.25) is 4.79 Å². The van der Waals surface area contributed by atoms with Crippen molar-refractivity contribution in [1.82, 2.24) is 20.5 Å². The second-order valence-corrected chi connectivity index (χ2v) is 7.14. The first kappa shape index (κ1) is 17.7. The molecule has 1 amide bonds. The Labute approximate surface area is 142 Å². The molecule has 1 atom stereocenters. The molecule has 2 rings (SSSR count). The molecule has 0 spiro atoms. The van der Waals surface area contributed by atoms with Crippen molar-refractivity contribution in [3.05, 3.63) is 15.6 Å². The fourth-order valence-electron chi connectivity index (χ4n) is 2.74. The Kier molecular flexibility index (Phi) is 6.38. The van der Waals surface area contributed by atoms with Crippen LogP contribution in [0.25, 0.3) is 0 Å². The van der Waals surface area contributed by atoms with Gasteiger partial charge in [-0.25, -0.2) is 9.98 Å². The summed E-state index contributed by atoms with van der Waals surface area (Å²) in [5.74, 6) is 1.08. The molecule has 7 heteroatoms. The predicted molar refractivity (Wildman–Crippen MR) is 94.8 cm³/mol. The summed E-state index contributed by atoms with van der Waals surface area (Å²) in [6.45, 7) is 9.33. The van der Waals surface area contributed by atoms with Gasteiger partial charge in [-0.05, 0) is 26.7 Å². The monoisotopic (exact) mass is 337 g/mol. The Balaban J connectivity index is 2.06. The van der Waals surface area contributed by atoms with Crippen LogP contribution in [-0.2, 0) is 11.3 Å². The first-order valence-electron chi connectivity index (χ1n) is 8.22. The summed E-state index contributed by atoms with van der Waals surface area (Å²) in [5.41, 5.74) is 1.07. The minimum atomic E-state index is 0.0565. The lowest BCUT2D eigenvalue weighted by Crippen LogP contribution is -2.41. The molecule has 1 aliphatic heterocycles. The van der Waals surface area contributed by atoms with E-state index in [1.807, 2.05) is 13.8 Å². The number of carbonyl (C=O) groups is 1. The standard InChI is InChI=1S/C16H27N5OS/c1-5-7-18-16(19-9-14-11(2)20-12(3)23-14)21-8-6-13(10-21)15(22)17-4/h13H,5-10H2,1-4H3,(H,17,22)(H,18,19). The van der Waals surface area contributed by atoms with Gasteiger partial charge in [-0.15, -0.1) is 11.3 Å². The Hall–Kier alpha value is -1.63. The Morgan fingerprint density at radius 3 is 2.87 bits per heavy atom. The van der Waals surface area contributed by atoms with E-state index in [1.165, 1.54) is 4.88 Å². The molecule has 1 aromatic rings. The largest absolute Gasteiger partial charge is 0.359 e. The fourth-order valence-corrected chi connectivity index (χ4v) is 3.60. The van der Waals surface area contributed by atoms with Gasteiger partial charge in [0, 0.05) is 31.6 Å². The number of nitrogens with one attached hydrogen (secondary N) is 2.